The van der Waals surface area contributed by atoms with Crippen LogP contribution < -0.4 is 5.32 Å². The van der Waals surface area contributed by atoms with E-state index in [4.69, 9.17) is 0 Å². The highest BCUT2D eigenvalue weighted by atomic mass is 16.4. The van der Waals surface area contributed by atoms with Crippen molar-refractivity contribution in [3.8, 4) is 0 Å². The van der Waals surface area contributed by atoms with Crippen molar-refractivity contribution >= 4 is 17.7 Å². The van der Waals surface area contributed by atoms with Gasteiger partial charge in [-0.15, -0.1) is 0 Å². The van der Waals surface area contributed by atoms with Crippen molar-refractivity contribution < 1.29 is 14.7 Å². The molecule has 0 radical (unpaired) electrons. The van der Waals surface area contributed by atoms with Crippen LogP contribution in [-0.4, -0.2) is 45.0 Å². The molecular weight excluding hydrogens is 438 g/mol. The van der Waals surface area contributed by atoms with Gasteiger partial charge in [0.1, 0.15) is 0 Å². The number of rotatable bonds is 3. The van der Waals surface area contributed by atoms with Crippen LogP contribution in [0, 0.1) is 11.8 Å². The highest BCUT2D eigenvalue weighted by Crippen LogP contribution is 2.52. The summed E-state index contributed by atoms with van der Waals surface area (Å²) >= 11 is 0. The first kappa shape index (κ1) is 23.7. The van der Waals surface area contributed by atoms with Crippen molar-refractivity contribution in [2.75, 3.05) is 11.9 Å². The molecule has 35 heavy (non-hydrogen) atoms. The third-order valence-corrected chi connectivity index (χ3v) is 8.21. The summed E-state index contributed by atoms with van der Waals surface area (Å²) in [6, 6.07) is 18.7. The minimum Gasteiger partial charge on any atom is -0.465 e. The van der Waals surface area contributed by atoms with E-state index in [0.717, 1.165) is 37.8 Å². The van der Waals surface area contributed by atoms with Gasteiger partial charge in [-0.05, 0) is 57.2 Å². The number of likely N-dealkylation sites (tertiary alicyclic amines) is 1. The maximum atomic E-state index is 14.3. The molecule has 2 N–H and O–H groups in total. The zero-order valence-electron chi connectivity index (χ0n) is 21.0. The predicted molar refractivity (Wildman–Crippen MR) is 137 cm³/mol. The molecule has 2 heterocycles. The topological polar surface area (TPSA) is 72.9 Å². The number of fused-ring (bicyclic) bond motifs is 3. The Hall–Kier alpha value is -3.02. The van der Waals surface area contributed by atoms with E-state index in [9.17, 15) is 14.7 Å². The minimum atomic E-state index is -0.933. The van der Waals surface area contributed by atoms with E-state index < -0.39 is 11.6 Å². The van der Waals surface area contributed by atoms with Gasteiger partial charge >= 0.3 is 6.09 Å². The SMILES string of the molecule is CC(C)(C)N(C(=O)O)[C@@H]1CCCC[C@@H]1C(=O)N1CC[C@H]2[C@@H](c3ccccc3)Nc3ccccc3[C@H]21. The Labute approximate surface area is 208 Å². The standard InChI is InChI=1S/C29H37N3O3/c1-29(2,3)32(28(34)35)24-16-10-8-14-21(24)27(33)31-18-17-22-25(19-11-5-4-6-12-19)30-23-15-9-7-13-20(23)26(22)31/h4-7,9,11-13,15,21-22,24-26,30H,8,10,14,16-18H2,1-3H3,(H,34,35)/t21-,22-,24+,25+,26+/m0/s1. The summed E-state index contributed by atoms with van der Waals surface area (Å²) in [6.07, 6.45) is 3.42. The van der Waals surface area contributed by atoms with Crippen molar-refractivity contribution in [3.05, 3.63) is 65.7 Å². The van der Waals surface area contributed by atoms with Crippen LogP contribution in [0.3, 0.4) is 0 Å². The lowest BCUT2D eigenvalue weighted by Gasteiger charge is -2.46. The zero-order valence-corrected chi connectivity index (χ0v) is 21.0. The van der Waals surface area contributed by atoms with Crippen LogP contribution >= 0.6 is 0 Å². The number of hydrogen-bond donors (Lipinski definition) is 2. The number of anilines is 1. The number of benzene rings is 2. The number of nitrogens with zero attached hydrogens (tertiary/aromatic N) is 2. The highest BCUT2D eigenvalue weighted by molar-refractivity contribution is 5.82. The van der Waals surface area contributed by atoms with Gasteiger partial charge in [0, 0.05) is 29.7 Å². The van der Waals surface area contributed by atoms with Crippen molar-refractivity contribution in [1.29, 1.82) is 0 Å². The summed E-state index contributed by atoms with van der Waals surface area (Å²) in [7, 11) is 0. The van der Waals surface area contributed by atoms with Gasteiger partial charge in [0.2, 0.25) is 5.91 Å². The normalized spacial score (nSPS) is 28.0. The van der Waals surface area contributed by atoms with Gasteiger partial charge in [-0.2, -0.15) is 0 Å². The summed E-state index contributed by atoms with van der Waals surface area (Å²) in [5, 5.41) is 13.9. The number of amides is 2. The van der Waals surface area contributed by atoms with E-state index in [2.05, 4.69) is 52.7 Å². The Morgan fingerprint density at radius 1 is 0.971 bits per heavy atom. The molecule has 0 bridgehead atoms. The van der Waals surface area contributed by atoms with Crippen LogP contribution in [0.25, 0.3) is 0 Å². The molecule has 1 saturated carbocycles. The van der Waals surface area contributed by atoms with Crippen molar-refractivity contribution in [2.24, 2.45) is 11.8 Å². The number of carbonyl (C=O) groups is 2. The van der Waals surface area contributed by atoms with Gasteiger partial charge in [0.05, 0.1) is 18.0 Å². The molecular formula is C29H37N3O3. The number of carbonyl (C=O) groups excluding carboxylic acids is 1. The first-order valence-corrected chi connectivity index (χ1v) is 13.0. The van der Waals surface area contributed by atoms with Crippen LogP contribution in [0.5, 0.6) is 0 Å². The Morgan fingerprint density at radius 2 is 1.66 bits per heavy atom. The summed E-state index contributed by atoms with van der Waals surface area (Å²) in [5.74, 6) is 0.104. The quantitative estimate of drug-likeness (QED) is 0.564. The van der Waals surface area contributed by atoms with E-state index >= 15 is 0 Å². The molecule has 0 aromatic heterocycles. The average molecular weight is 476 g/mol. The molecule has 1 aliphatic carbocycles. The largest absolute Gasteiger partial charge is 0.465 e. The molecule has 2 aromatic rings. The molecule has 5 atom stereocenters. The van der Waals surface area contributed by atoms with Crippen LogP contribution in [0.4, 0.5) is 10.5 Å². The average Bonchev–Trinajstić information content (AvgIpc) is 3.28. The second kappa shape index (κ2) is 9.21. The molecule has 3 aliphatic rings. The molecule has 5 rings (SSSR count). The Morgan fingerprint density at radius 3 is 2.37 bits per heavy atom. The maximum Gasteiger partial charge on any atom is 0.408 e. The molecule has 2 fully saturated rings. The summed E-state index contributed by atoms with van der Waals surface area (Å²) in [6.45, 7) is 6.49. The molecule has 0 unspecified atom stereocenters. The van der Waals surface area contributed by atoms with Gasteiger partial charge in [-0.1, -0.05) is 61.4 Å². The van der Waals surface area contributed by atoms with Crippen molar-refractivity contribution in [1.82, 2.24) is 9.80 Å². The monoisotopic (exact) mass is 475 g/mol. The van der Waals surface area contributed by atoms with Gasteiger partial charge in [0.15, 0.2) is 0 Å². The summed E-state index contributed by atoms with van der Waals surface area (Å²) < 4.78 is 0. The molecule has 2 amide bonds. The highest BCUT2D eigenvalue weighted by Gasteiger charge is 2.50. The van der Waals surface area contributed by atoms with Gasteiger partial charge in [-0.25, -0.2) is 4.79 Å². The fraction of sp³-hybridized carbons (Fsp3) is 0.517. The Balaban J connectivity index is 1.49. The second-order valence-corrected chi connectivity index (χ2v) is 11.3. The number of nitrogens with one attached hydrogen (secondary N) is 1. The van der Waals surface area contributed by atoms with Crippen LogP contribution in [0.1, 0.15) is 76.1 Å². The van der Waals surface area contributed by atoms with Crippen molar-refractivity contribution in [2.45, 2.75) is 76.5 Å². The maximum absolute atomic E-state index is 14.3. The smallest absolute Gasteiger partial charge is 0.408 e. The first-order valence-electron chi connectivity index (χ1n) is 13.0. The van der Waals surface area contributed by atoms with Crippen LogP contribution in [0.2, 0.25) is 0 Å². The van der Waals surface area contributed by atoms with E-state index in [1.54, 1.807) is 4.90 Å². The molecule has 6 heteroatoms. The van der Waals surface area contributed by atoms with Gasteiger partial charge in [-0.3, -0.25) is 9.69 Å². The Kier molecular flexibility index (Phi) is 6.24. The predicted octanol–water partition coefficient (Wildman–Crippen LogP) is 6.08. The van der Waals surface area contributed by atoms with Crippen LogP contribution in [0.15, 0.2) is 54.6 Å². The fourth-order valence-electron chi connectivity index (χ4n) is 6.81. The molecule has 186 valence electrons. The van der Waals surface area contributed by atoms with Gasteiger partial charge < -0.3 is 15.3 Å². The lowest BCUT2D eigenvalue weighted by molar-refractivity contribution is -0.141. The van der Waals surface area contributed by atoms with Gasteiger partial charge in [0.25, 0.3) is 0 Å². The molecule has 1 saturated heterocycles. The third-order valence-electron chi connectivity index (χ3n) is 8.21. The molecule has 6 nitrogen and oxygen atoms in total. The van der Waals surface area contributed by atoms with E-state index in [1.807, 2.05) is 32.9 Å². The molecule has 2 aliphatic heterocycles. The second-order valence-electron chi connectivity index (χ2n) is 11.3. The lowest BCUT2D eigenvalue weighted by atomic mass is 9.78. The van der Waals surface area contributed by atoms with Crippen LogP contribution in [-0.2, 0) is 4.79 Å². The lowest BCUT2D eigenvalue weighted by Crippen LogP contribution is -2.57. The summed E-state index contributed by atoms with van der Waals surface area (Å²) in [4.78, 5) is 30.2. The number of carboxylic acid groups (broad SMARTS) is 1. The third kappa shape index (κ3) is 4.28. The Bertz CT molecular complexity index is 1080. The van der Waals surface area contributed by atoms with E-state index in [-0.39, 0.29) is 35.9 Å². The van der Waals surface area contributed by atoms with E-state index in [1.165, 1.54) is 11.1 Å². The fourth-order valence-corrected chi connectivity index (χ4v) is 6.81. The first-order chi connectivity index (χ1) is 16.8. The number of para-hydroxylation sites is 1. The minimum absolute atomic E-state index is 0.000599. The molecule has 0 spiro atoms. The molecule has 2 aromatic carbocycles. The van der Waals surface area contributed by atoms with E-state index in [0.29, 0.717) is 6.54 Å². The zero-order chi connectivity index (χ0) is 24.7. The number of hydrogen-bond acceptors (Lipinski definition) is 3. The van der Waals surface area contributed by atoms with Crippen molar-refractivity contribution in [3.63, 3.8) is 0 Å². The summed E-state index contributed by atoms with van der Waals surface area (Å²) in [5.41, 5.74) is 2.95.